The Hall–Kier alpha value is -3.15. The second kappa shape index (κ2) is 5.98. The zero-order chi connectivity index (χ0) is 18.4. The molecule has 5 nitrogen and oxygen atoms in total. The number of aliphatic carboxylic acids is 1. The Labute approximate surface area is 149 Å². The largest absolute Gasteiger partial charge is 0.481 e. The van der Waals surface area contributed by atoms with Gasteiger partial charge in [-0.15, -0.1) is 0 Å². The monoisotopic (exact) mass is 352 g/mol. The van der Waals surface area contributed by atoms with E-state index in [1.165, 1.54) is 12.1 Å². The van der Waals surface area contributed by atoms with Crippen molar-refractivity contribution in [2.45, 2.75) is 12.5 Å². The van der Waals surface area contributed by atoms with Gasteiger partial charge in [-0.05, 0) is 23.8 Å². The summed E-state index contributed by atoms with van der Waals surface area (Å²) in [6, 6.07) is 13.6. The Morgan fingerprint density at radius 3 is 2.65 bits per heavy atom. The van der Waals surface area contributed by atoms with Crippen molar-refractivity contribution in [3.8, 4) is 0 Å². The number of halogens is 1. The third-order valence-electron chi connectivity index (χ3n) is 4.96. The van der Waals surface area contributed by atoms with E-state index < -0.39 is 17.7 Å². The first-order valence-electron chi connectivity index (χ1n) is 8.31. The van der Waals surface area contributed by atoms with Crippen LogP contribution >= 0.6 is 0 Å². The van der Waals surface area contributed by atoms with Gasteiger partial charge in [0.15, 0.2) is 0 Å². The Morgan fingerprint density at radius 2 is 1.96 bits per heavy atom. The van der Waals surface area contributed by atoms with Gasteiger partial charge in [-0.2, -0.15) is 0 Å². The van der Waals surface area contributed by atoms with Crippen molar-refractivity contribution >= 4 is 22.8 Å². The highest BCUT2D eigenvalue weighted by Gasteiger charge is 2.39. The summed E-state index contributed by atoms with van der Waals surface area (Å²) in [4.78, 5) is 26.5. The van der Waals surface area contributed by atoms with Crippen LogP contribution in [0.4, 0.5) is 4.39 Å². The van der Waals surface area contributed by atoms with Crippen molar-refractivity contribution < 1.29 is 19.1 Å². The van der Waals surface area contributed by atoms with E-state index in [0.717, 1.165) is 5.56 Å². The number of amides is 1. The molecule has 1 aliphatic heterocycles. The van der Waals surface area contributed by atoms with Crippen LogP contribution in [0.3, 0.4) is 0 Å². The van der Waals surface area contributed by atoms with Gasteiger partial charge in [-0.3, -0.25) is 9.59 Å². The highest BCUT2D eigenvalue weighted by molar-refractivity contribution is 6.06. The van der Waals surface area contributed by atoms with Gasteiger partial charge in [0, 0.05) is 36.6 Å². The molecule has 0 radical (unpaired) electrons. The first-order valence-corrected chi connectivity index (χ1v) is 8.31. The second-order valence-corrected chi connectivity index (χ2v) is 6.54. The minimum Gasteiger partial charge on any atom is -0.481 e. The number of carbonyl (C=O) groups excluding carboxylic acids is 1. The molecule has 0 saturated carbocycles. The van der Waals surface area contributed by atoms with Crippen molar-refractivity contribution in [2.75, 3.05) is 6.54 Å². The van der Waals surface area contributed by atoms with Crippen LogP contribution in [0.25, 0.3) is 10.9 Å². The molecule has 0 fully saturated rings. The van der Waals surface area contributed by atoms with E-state index in [-0.39, 0.29) is 12.5 Å². The third-order valence-corrected chi connectivity index (χ3v) is 4.96. The van der Waals surface area contributed by atoms with Crippen molar-refractivity contribution in [2.24, 2.45) is 7.05 Å². The summed E-state index contributed by atoms with van der Waals surface area (Å²) < 4.78 is 15.4. The number of nitrogens with zero attached hydrogens (tertiary/aromatic N) is 2. The molecule has 1 N–H and O–H groups in total. The molecular formula is C20H17FN2O3. The number of hydrogen-bond donors (Lipinski definition) is 1. The van der Waals surface area contributed by atoms with Crippen LogP contribution in [-0.2, 0) is 18.4 Å². The zero-order valence-corrected chi connectivity index (χ0v) is 14.1. The maximum Gasteiger partial charge on any atom is 0.312 e. The summed E-state index contributed by atoms with van der Waals surface area (Å²) in [6.45, 7) is 0.393. The van der Waals surface area contributed by atoms with E-state index in [0.29, 0.717) is 28.7 Å². The fraction of sp³-hybridized carbons (Fsp3) is 0.200. The molecule has 3 aromatic rings. The van der Waals surface area contributed by atoms with Gasteiger partial charge < -0.3 is 14.6 Å². The van der Waals surface area contributed by atoms with Crippen molar-refractivity contribution in [3.63, 3.8) is 0 Å². The van der Waals surface area contributed by atoms with Gasteiger partial charge in [0.25, 0.3) is 5.91 Å². The van der Waals surface area contributed by atoms with E-state index in [4.69, 9.17) is 0 Å². The highest BCUT2D eigenvalue weighted by Crippen LogP contribution is 2.37. The lowest BCUT2D eigenvalue weighted by molar-refractivity contribution is -0.139. The number of carbonyl (C=O) groups is 2. The average molecular weight is 352 g/mol. The smallest absolute Gasteiger partial charge is 0.312 e. The summed E-state index contributed by atoms with van der Waals surface area (Å²) in [5, 5.41) is 10.2. The van der Waals surface area contributed by atoms with E-state index in [1.54, 1.807) is 22.6 Å². The molecule has 1 aliphatic rings. The fourth-order valence-electron chi connectivity index (χ4n) is 3.74. The van der Waals surface area contributed by atoms with Gasteiger partial charge in [0.05, 0.1) is 0 Å². The molecule has 4 rings (SSSR count). The normalized spacial score (nSPS) is 16.8. The maximum atomic E-state index is 13.8. The molecule has 1 aromatic heterocycles. The number of carboxylic acids is 1. The van der Waals surface area contributed by atoms with Crippen LogP contribution in [0.15, 0.2) is 48.5 Å². The average Bonchev–Trinajstić information content (AvgIpc) is 2.90. The molecule has 6 heteroatoms. The minimum absolute atomic E-state index is 0.0612. The number of fused-ring (bicyclic) bond motifs is 3. The predicted molar refractivity (Wildman–Crippen MR) is 94.4 cm³/mol. The minimum atomic E-state index is -1.02. The van der Waals surface area contributed by atoms with Crippen molar-refractivity contribution in [1.29, 1.82) is 0 Å². The lowest BCUT2D eigenvalue weighted by Gasteiger charge is -2.31. The number of benzene rings is 2. The van der Waals surface area contributed by atoms with E-state index in [1.807, 2.05) is 30.3 Å². The quantitative estimate of drug-likeness (QED) is 0.788. The Balaban J connectivity index is 1.87. The summed E-state index contributed by atoms with van der Waals surface area (Å²) in [6.07, 6.45) is 0. The molecule has 1 unspecified atom stereocenters. The SMILES string of the molecule is Cn1c2c(c3cc(F)ccc31)C(C(=O)O)CN(Cc1ccccc1)C2=O. The Kier molecular flexibility index (Phi) is 3.76. The van der Waals surface area contributed by atoms with Crippen LogP contribution in [-0.4, -0.2) is 33.0 Å². The number of hydrogen-bond acceptors (Lipinski definition) is 2. The molecule has 0 spiro atoms. The number of carboxylic acid groups (broad SMARTS) is 1. The summed E-state index contributed by atoms with van der Waals surface area (Å²) in [5.74, 6) is -2.60. The lowest BCUT2D eigenvalue weighted by atomic mass is 9.91. The van der Waals surface area contributed by atoms with Gasteiger partial charge in [-0.25, -0.2) is 4.39 Å². The molecule has 0 saturated heterocycles. The van der Waals surface area contributed by atoms with Crippen LogP contribution in [0.5, 0.6) is 0 Å². The lowest BCUT2D eigenvalue weighted by Crippen LogP contribution is -2.42. The molecule has 0 bridgehead atoms. The predicted octanol–water partition coefficient (Wildman–Crippen LogP) is 3.14. The van der Waals surface area contributed by atoms with Crippen LogP contribution in [0, 0.1) is 5.82 Å². The molecule has 1 amide bonds. The first-order chi connectivity index (χ1) is 12.5. The summed E-state index contributed by atoms with van der Waals surface area (Å²) in [7, 11) is 1.71. The summed E-state index contributed by atoms with van der Waals surface area (Å²) >= 11 is 0. The van der Waals surface area contributed by atoms with Gasteiger partial charge in [-0.1, -0.05) is 30.3 Å². The third kappa shape index (κ3) is 2.45. The van der Waals surface area contributed by atoms with E-state index >= 15 is 0 Å². The molecule has 26 heavy (non-hydrogen) atoms. The van der Waals surface area contributed by atoms with Gasteiger partial charge >= 0.3 is 5.97 Å². The highest BCUT2D eigenvalue weighted by atomic mass is 19.1. The molecule has 2 aromatic carbocycles. The maximum absolute atomic E-state index is 13.8. The topological polar surface area (TPSA) is 62.5 Å². The van der Waals surface area contributed by atoms with Crippen LogP contribution < -0.4 is 0 Å². The summed E-state index contributed by atoms with van der Waals surface area (Å²) in [5.41, 5.74) is 2.31. The van der Waals surface area contributed by atoms with Crippen LogP contribution in [0.1, 0.15) is 27.5 Å². The van der Waals surface area contributed by atoms with Crippen molar-refractivity contribution in [1.82, 2.24) is 9.47 Å². The zero-order valence-electron chi connectivity index (χ0n) is 14.1. The number of aromatic nitrogens is 1. The molecular weight excluding hydrogens is 335 g/mol. The first kappa shape index (κ1) is 16.3. The van der Waals surface area contributed by atoms with Crippen LogP contribution in [0.2, 0.25) is 0 Å². The molecule has 2 heterocycles. The van der Waals surface area contributed by atoms with Gasteiger partial charge in [0.2, 0.25) is 0 Å². The standard InChI is InChI=1S/C20H17FN2O3/c1-22-16-8-7-13(21)9-14(16)17-15(20(25)26)11-23(19(24)18(17)22)10-12-5-3-2-4-6-12/h2-9,15H,10-11H2,1H3,(H,25,26). The second-order valence-electron chi connectivity index (χ2n) is 6.54. The van der Waals surface area contributed by atoms with Gasteiger partial charge in [0.1, 0.15) is 17.4 Å². The molecule has 132 valence electrons. The Bertz CT molecular complexity index is 1030. The fourth-order valence-corrected chi connectivity index (χ4v) is 3.74. The van der Waals surface area contributed by atoms with E-state index in [2.05, 4.69) is 0 Å². The number of rotatable bonds is 3. The van der Waals surface area contributed by atoms with Crippen molar-refractivity contribution in [3.05, 3.63) is 71.2 Å². The molecule has 0 aliphatic carbocycles. The van der Waals surface area contributed by atoms with E-state index in [9.17, 15) is 19.1 Å². The number of aryl methyl sites for hydroxylation is 1. The molecule has 1 atom stereocenters. The Morgan fingerprint density at radius 1 is 1.23 bits per heavy atom.